The number of halogens is 2. The molecule has 6 heteroatoms. The molecule has 1 amide bonds. The highest BCUT2D eigenvalue weighted by Crippen LogP contribution is 2.22. The van der Waals surface area contributed by atoms with Gasteiger partial charge < -0.3 is 5.32 Å². The van der Waals surface area contributed by atoms with Crippen LogP contribution in [0.1, 0.15) is 10.4 Å². The number of hydrogen-bond donors (Lipinski definition) is 2. The maximum Gasteiger partial charge on any atom is 0.256 e. The van der Waals surface area contributed by atoms with Crippen LogP contribution in [0, 0.1) is 3.57 Å². The lowest BCUT2D eigenvalue weighted by atomic mass is 10.2. The average Bonchev–Trinajstić information content (AvgIpc) is 2.85. The maximum absolute atomic E-state index is 12.2. The molecule has 3 rings (SSSR count). The van der Waals surface area contributed by atoms with Gasteiger partial charge in [0.2, 0.25) is 0 Å². The van der Waals surface area contributed by atoms with Crippen molar-refractivity contribution in [1.29, 1.82) is 0 Å². The third-order valence-corrected chi connectivity index (χ3v) is 4.46. The largest absolute Gasteiger partial charge is 0.305 e. The molecule has 1 heterocycles. The Morgan fingerprint density at radius 1 is 1.25 bits per heavy atom. The lowest BCUT2D eigenvalue weighted by molar-refractivity contribution is 0.102. The Balaban J connectivity index is 1.90. The summed E-state index contributed by atoms with van der Waals surface area (Å²) in [5, 5.41) is 11.2. The van der Waals surface area contributed by atoms with Crippen molar-refractivity contribution in [2.45, 2.75) is 0 Å². The zero-order valence-electron chi connectivity index (χ0n) is 10.2. The van der Waals surface area contributed by atoms with Gasteiger partial charge in [-0.3, -0.25) is 9.89 Å². The molecular formula is C14H9ClIN3O. The minimum absolute atomic E-state index is 0.236. The van der Waals surface area contributed by atoms with Crippen LogP contribution in [0.25, 0.3) is 10.9 Å². The molecule has 0 radical (unpaired) electrons. The van der Waals surface area contributed by atoms with Gasteiger partial charge in [-0.15, -0.1) is 0 Å². The number of nitrogens with one attached hydrogen (secondary N) is 2. The molecule has 0 atom stereocenters. The molecule has 1 aromatic heterocycles. The van der Waals surface area contributed by atoms with E-state index in [1.165, 1.54) is 0 Å². The molecule has 0 aliphatic heterocycles. The van der Waals surface area contributed by atoms with Crippen LogP contribution in [0.15, 0.2) is 42.5 Å². The van der Waals surface area contributed by atoms with Crippen LogP contribution in [0.2, 0.25) is 5.02 Å². The molecule has 100 valence electrons. The predicted octanol–water partition coefficient (Wildman–Crippen LogP) is 4.07. The second-order valence-electron chi connectivity index (χ2n) is 4.20. The fourth-order valence-corrected chi connectivity index (χ4v) is 2.39. The summed E-state index contributed by atoms with van der Waals surface area (Å²) >= 11 is 8.14. The molecule has 3 aromatic rings. The van der Waals surface area contributed by atoms with E-state index in [0.29, 0.717) is 16.4 Å². The van der Waals surface area contributed by atoms with Gasteiger partial charge in [-0.1, -0.05) is 23.7 Å². The number of fused-ring (bicyclic) bond motifs is 1. The number of rotatable bonds is 2. The van der Waals surface area contributed by atoms with Crippen molar-refractivity contribution in [3.8, 4) is 0 Å². The minimum Gasteiger partial charge on any atom is -0.305 e. The second kappa shape index (κ2) is 5.41. The summed E-state index contributed by atoms with van der Waals surface area (Å²) < 4.78 is 0.908. The molecule has 4 nitrogen and oxygen atoms in total. The van der Waals surface area contributed by atoms with Crippen LogP contribution in [0.5, 0.6) is 0 Å². The Morgan fingerprint density at radius 2 is 2.05 bits per heavy atom. The number of benzene rings is 2. The topological polar surface area (TPSA) is 57.8 Å². The number of anilines is 1. The van der Waals surface area contributed by atoms with E-state index in [1.807, 2.05) is 24.3 Å². The normalized spacial score (nSPS) is 10.7. The van der Waals surface area contributed by atoms with Crippen molar-refractivity contribution in [1.82, 2.24) is 10.2 Å². The Bertz CT molecular complexity index is 800. The molecule has 0 aliphatic carbocycles. The third kappa shape index (κ3) is 2.51. The minimum atomic E-state index is -0.236. The third-order valence-electron chi connectivity index (χ3n) is 2.88. The van der Waals surface area contributed by atoms with Gasteiger partial charge in [0.25, 0.3) is 5.91 Å². The number of nitrogens with zero attached hydrogens (tertiary/aromatic N) is 1. The van der Waals surface area contributed by atoms with Crippen molar-refractivity contribution in [3.05, 3.63) is 56.6 Å². The van der Waals surface area contributed by atoms with Gasteiger partial charge in [-0.25, -0.2) is 0 Å². The van der Waals surface area contributed by atoms with Gasteiger partial charge in [-0.2, -0.15) is 5.10 Å². The molecule has 0 fully saturated rings. The van der Waals surface area contributed by atoms with Gasteiger partial charge in [0, 0.05) is 14.5 Å². The Hall–Kier alpha value is -1.60. The SMILES string of the molecule is O=C(Nc1n[nH]c2ccccc12)c1ccc(I)c(Cl)c1. The number of amides is 1. The zero-order chi connectivity index (χ0) is 14.1. The summed E-state index contributed by atoms with van der Waals surface area (Å²) in [6, 6.07) is 12.8. The second-order valence-corrected chi connectivity index (χ2v) is 5.77. The first-order valence-corrected chi connectivity index (χ1v) is 7.30. The summed E-state index contributed by atoms with van der Waals surface area (Å²) in [5.41, 5.74) is 1.38. The first-order chi connectivity index (χ1) is 9.65. The molecule has 2 N–H and O–H groups in total. The van der Waals surface area contributed by atoms with Crippen LogP contribution in [0.4, 0.5) is 5.82 Å². The van der Waals surface area contributed by atoms with Crippen molar-refractivity contribution in [2.75, 3.05) is 5.32 Å². The summed E-state index contributed by atoms with van der Waals surface area (Å²) in [5.74, 6) is 0.279. The Morgan fingerprint density at radius 3 is 2.85 bits per heavy atom. The molecule has 0 saturated heterocycles. The van der Waals surface area contributed by atoms with Crippen LogP contribution in [-0.4, -0.2) is 16.1 Å². The number of H-pyrrole nitrogens is 1. The van der Waals surface area contributed by atoms with E-state index in [0.717, 1.165) is 14.5 Å². The van der Waals surface area contributed by atoms with Crippen molar-refractivity contribution in [3.63, 3.8) is 0 Å². The zero-order valence-corrected chi connectivity index (χ0v) is 13.1. The maximum atomic E-state index is 12.2. The molecule has 0 bridgehead atoms. The number of hydrogen-bond acceptors (Lipinski definition) is 2. The van der Waals surface area contributed by atoms with E-state index >= 15 is 0 Å². The summed E-state index contributed by atoms with van der Waals surface area (Å²) in [6.45, 7) is 0. The smallest absolute Gasteiger partial charge is 0.256 e. The monoisotopic (exact) mass is 397 g/mol. The van der Waals surface area contributed by atoms with E-state index in [1.54, 1.807) is 18.2 Å². The predicted molar refractivity (Wildman–Crippen MR) is 88.2 cm³/mol. The van der Waals surface area contributed by atoms with E-state index in [-0.39, 0.29) is 5.91 Å². The van der Waals surface area contributed by atoms with Crippen molar-refractivity contribution < 1.29 is 4.79 Å². The van der Waals surface area contributed by atoms with Crippen LogP contribution < -0.4 is 5.32 Å². The highest BCUT2D eigenvalue weighted by molar-refractivity contribution is 14.1. The van der Waals surface area contributed by atoms with Crippen LogP contribution >= 0.6 is 34.2 Å². The van der Waals surface area contributed by atoms with E-state index in [9.17, 15) is 4.79 Å². The number of carbonyl (C=O) groups excluding carboxylic acids is 1. The first-order valence-electron chi connectivity index (χ1n) is 5.84. The van der Waals surface area contributed by atoms with E-state index < -0.39 is 0 Å². The van der Waals surface area contributed by atoms with Gasteiger partial charge in [0.1, 0.15) is 0 Å². The van der Waals surface area contributed by atoms with Gasteiger partial charge in [0.05, 0.1) is 10.5 Å². The summed E-state index contributed by atoms with van der Waals surface area (Å²) in [6.07, 6.45) is 0. The fraction of sp³-hybridized carbons (Fsp3) is 0. The Labute approximate surface area is 133 Å². The van der Waals surface area contributed by atoms with Gasteiger partial charge >= 0.3 is 0 Å². The number of aromatic amines is 1. The van der Waals surface area contributed by atoms with Crippen LogP contribution in [-0.2, 0) is 0 Å². The van der Waals surface area contributed by atoms with Gasteiger partial charge in [-0.05, 0) is 52.9 Å². The lowest BCUT2D eigenvalue weighted by Crippen LogP contribution is -2.12. The number of para-hydroxylation sites is 1. The highest BCUT2D eigenvalue weighted by atomic mass is 127. The summed E-state index contributed by atoms with van der Waals surface area (Å²) in [7, 11) is 0. The van der Waals surface area contributed by atoms with E-state index in [4.69, 9.17) is 11.6 Å². The first kappa shape index (κ1) is 13.4. The lowest BCUT2D eigenvalue weighted by Gasteiger charge is -2.04. The summed E-state index contributed by atoms with van der Waals surface area (Å²) in [4.78, 5) is 12.2. The average molecular weight is 398 g/mol. The highest BCUT2D eigenvalue weighted by Gasteiger charge is 2.11. The van der Waals surface area contributed by atoms with Crippen molar-refractivity contribution in [2.24, 2.45) is 0 Å². The van der Waals surface area contributed by atoms with Crippen LogP contribution in [0.3, 0.4) is 0 Å². The van der Waals surface area contributed by atoms with E-state index in [2.05, 4.69) is 38.1 Å². The fourth-order valence-electron chi connectivity index (χ4n) is 1.88. The standard InChI is InChI=1S/C14H9ClIN3O/c15-10-7-8(5-6-11(10)16)14(20)17-13-9-3-1-2-4-12(9)18-19-13/h1-7H,(H2,17,18,19,20). The molecule has 0 aliphatic rings. The Kier molecular flexibility index (Phi) is 3.62. The number of carbonyl (C=O) groups is 1. The van der Waals surface area contributed by atoms with Crippen molar-refractivity contribution >= 4 is 56.8 Å². The molecule has 0 unspecified atom stereocenters. The quantitative estimate of drug-likeness (QED) is 0.640. The number of aromatic nitrogens is 2. The van der Waals surface area contributed by atoms with Gasteiger partial charge in [0.15, 0.2) is 5.82 Å². The molecule has 0 spiro atoms. The molecule has 2 aromatic carbocycles. The molecule has 20 heavy (non-hydrogen) atoms. The molecular weight excluding hydrogens is 389 g/mol. The molecule has 0 saturated carbocycles.